The van der Waals surface area contributed by atoms with Crippen molar-refractivity contribution < 1.29 is 19.1 Å². The first kappa shape index (κ1) is 25.4. The van der Waals surface area contributed by atoms with Crippen molar-refractivity contribution in [1.29, 1.82) is 0 Å². The van der Waals surface area contributed by atoms with Crippen LogP contribution in [0, 0.1) is 0 Å². The lowest BCUT2D eigenvalue weighted by molar-refractivity contribution is 0.00741. The minimum absolute atomic E-state index is 0.282. The van der Waals surface area contributed by atoms with Crippen LogP contribution in [0.15, 0.2) is 65.2 Å². The standard InChI is InChI=1S/C28H37N3O4/c1-33-18-10-15-30(19-25(32)22-34-21-23-11-4-2-5-12-23)20-26-27(24-13-6-3-7-14-24)29-35-28(26)31-16-8-9-17-31/h2-7,11-14,25,32H,8-10,15-22H2,1H3/t25-/m0/s1. The smallest absolute Gasteiger partial charge is 0.232 e. The van der Waals surface area contributed by atoms with E-state index in [-0.39, 0.29) is 6.61 Å². The topological polar surface area (TPSA) is 71.2 Å². The molecule has 0 aliphatic carbocycles. The van der Waals surface area contributed by atoms with E-state index in [2.05, 4.69) is 27.1 Å². The average molecular weight is 480 g/mol. The fourth-order valence-corrected chi connectivity index (χ4v) is 4.56. The Labute approximate surface area is 208 Å². The van der Waals surface area contributed by atoms with Crippen LogP contribution in [-0.2, 0) is 22.6 Å². The van der Waals surface area contributed by atoms with Crippen LogP contribution in [0.3, 0.4) is 0 Å². The maximum absolute atomic E-state index is 10.8. The first-order valence-electron chi connectivity index (χ1n) is 12.5. The molecular formula is C28H37N3O4. The third-order valence-corrected chi connectivity index (χ3v) is 6.30. The molecule has 2 aromatic carbocycles. The molecule has 0 bridgehead atoms. The zero-order chi connectivity index (χ0) is 24.3. The molecule has 1 aliphatic rings. The van der Waals surface area contributed by atoms with Crippen LogP contribution in [0.5, 0.6) is 0 Å². The molecule has 35 heavy (non-hydrogen) atoms. The van der Waals surface area contributed by atoms with Crippen molar-refractivity contribution in [2.24, 2.45) is 0 Å². The van der Waals surface area contributed by atoms with Gasteiger partial charge >= 0.3 is 0 Å². The highest BCUT2D eigenvalue weighted by Crippen LogP contribution is 2.34. The summed E-state index contributed by atoms with van der Waals surface area (Å²) in [5.41, 5.74) is 4.09. The van der Waals surface area contributed by atoms with E-state index in [0.717, 1.165) is 67.2 Å². The fourth-order valence-electron chi connectivity index (χ4n) is 4.56. The summed E-state index contributed by atoms with van der Waals surface area (Å²) in [6.45, 7) is 5.34. The summed E-state index contributed by atoms with van der Waals surface area (Å²) in [4.78, 5) is 4.55. The Bertz CT molecular complexity index is 990. The summed E-state index contributed by atoms with van der Waals surface area (Å²) in [6, 6.07) is 20.2. The molecule has 0 saturated carbocycles. The zero-order valence-electron chi connectivity index (χ0n) is 20.6. The van der Waals surface area contributed by atoms with E-state index in [0.29, 0.717) is 26.3 Å². The van der Waals surface area contributed by atoms with Gasteiger partial charge in [0.25, 0.3) is 0 Å². The monoisotopic (exact) mass is 479 g/mol. The molecule has 2 heterocycles. The summed E-state index contributed by atoms with van der Waals surface area (Å²) < 4.78 is 17.0. The van der Waals surface area contributed by atoms with Gasteiger partial charge in [0.2, 0.25) is 5.88 Å². The molecule has 0 amide bonds. The second-order valence-corrected chi connectivity index (χ2v) is 9.11. The third kappa shape index (κ3) is 7.39. The first-order valence-corrected chi connectivity index (χ1v) is 12.5. The number of aliphatic hydroxyl groups excluding tert-OH is 1. The molecular weight excluding hydrogens is 442 g/mol. The van der Waals surface area contributed by atoms with Crippen LogP contribution < -0.4 is 4.90 Å². The molecule has 0 unspecified atom stereocenters. The van der Waals surface area contributed by atoms with E-state index in [1.54, 1.807) is 7.11 Å². The van der Waals surface area contributed by atoms with Crippen LogP contribution in [0.4, 0.5) is 5.88 Å². The normalized spacial score (nSPS) is 14.7. The van der Waals surface area contributed by atoms with Gasteiger partial charge in [0.15, 0.2) is 0 Å². The van der Waals surface area contributed by atoms with Gasteiger partial charge in [-0.25, -0.2) is 0 Å². The molecule has 4 rings (SSSR count). The quantitative estimate of drug-likeness (QED) is 0.345. The van der Waals surface area contributed by atoms with Crippen molar-refractivity contribution in [1.82, 2.24) is 10.1 Å². The number of nitrogens with zero attached hydrogens (tertiary/aromatic N) is 3. The minimum atomic E-state index is -0.600. The summed E-state index contributed by atoms with van der Waals surface area (Å²) in [5.74, 6) is 0.855. The van der Waals surface area contributed by atoms with Gasteiger partial charge in [-0.3, -0.25) is 4.90 Å². The van der Waals surface area contributed by atoms with Gasteiger partial charge in [-0.2, -0.15) is 0 Å². The molecule has 7 heteroatoms. The number of methoxy groups -OCH3 is 1. The zero-order valence-corrected chi connectivity index (χ0v) is 20.6. The molecule has 1 aliphatic heterocycles. The number of hydrogen-bond donors (Lipinski definition) is 1. The van der Waals surface area contributed by atoms with E-state index in [9.17, 15) is 5.11 Å². The van der Waals surface area contributed by atoms with E-state index < -0.39 is 6.10 Å². The maximum Gasteiger partial charge on any atom is 0.232 e. The minimum Gasteiger partial charge on any atom is -0.389 e. The lowest BCUT2D eigenvalue weighted by atomic mass is 10.1. The molecule has 0 spiro atoms. The number of rotatable bonds is 14. The molecule has 1 atom stereocenters. The van der Waals surface area contributed by atoms with E-state index >= 15 is 0 Å². The molecule has 0 radical (unpaired) electrons. The highest BCUT2D eigenvalue weighted by Gasteiger charge is 2.26. The van der Waals surface area contributed by atoms with Crippen molar-refractivity contribution in [3.05, 3.63) is 71.8 Å². The highest BCUT2D eigenvalue weighted by molar-refractivity contribution is 5.68. The maximum atomic E-state index is 10.8. The van der Waals surface area contributed by atoms with Gasteiger partial charge in [-0.15, -0.1) is 0 Å². The van der Waals surface area contributed by atoms with E-state index in [4.69, 9.17) is 14.0 Å². The molecule has 3 aromatic rings. The lowest BCUT2D eigenvalue weighted by Crippen LogP contribution is -2.36. The number of anilines is 1. The first-order chi connectivity index (χ1) is 17.2. The van der Waals surface area contributed by atoms with Gasteiger partial charge in [0.05, 0.1) is 24.9 Å². The van der Waals surface area contributed by atoms with Crippen LogP contribution in [0.25, 0.3) is 11.3 Å². The van der Waals surface area contributed by atoms with Gasteiger partial charge in [0, 0.05) is 52.0 Å². The Morgan fingerprint density at radius 1 is 1.06 bits per heavy atom. The number of aliphatic hydroxyl groups is 1. The summed E-state index contributed by atoms with van der Waals surface area (Å²) in [5, 5.41) is 15.3. The number of aromatic nitrogens is 1. The molecule has 1 fully saturated rings. The van der Waals surface area contributed by atoms with Gasteiger partial charge < -0.3 is 24.0 Å². The van der Waals surface area contributed by atoms with Gasteiger partial charge in [-0.05, 0) is 24.8 Å². The molecule has 188 valence electrons. The lowest BCUT2D eigenvalue weighted by Gasteiger charge is -2.26. The largest absolute Gasteiger partial charge is 0.389 e. The van der Waals surface area contributed by atoms with E-state index in [1.165, 1.54) is 0 Å². The fraction of sp³-hybridized carbons (Fsp3) is 0.464. The predicted molar refractivity (Wildman–Crippen MR) is 137 cm³/mol. The Hall–Kier alpha value is -2.71. The predicted octanol–water partition coefficient (Wildman–Crippen LogP) is 4.36. The van der Waals surface area contributed by atoms with Crippen molar-refractivity contribution in [2.45, 2.75) is 38.5 Å². The van der Waals surface area contributed by atoms with Crippen LogP contribution in [0.1, 0.15) is 30.4 Å². The Morgan fingerprint density at radius 2 is 1.77 bits per heavy atom. The van der Waals surface area contributed by atoms with E-state index in [1.807, 2.05) is 48.5 Å². The number of benzene rings is 2. The summed E-state index contributed by atoms with van der Waals surface area (Å²) >= 11 is 0. The average Bonchev–Trinajstić information content (AvgIpc) is 3.55. The second-order valence-electron chi connectivity index (χ2n) is 9.11. The summed E-state index contributed by atoms with van der Waals surface area (Å²) in [6.07, 6.45) is 2.60. The molecule has 1 N–H and O–H groups in total. The molecule has 1 aromatic heterocycles. The Kier molecular flexibility index (Phi) is 9.72. The second kappa shape index (κ2) is 13.4. The number of hydrogen-bond acceptors (Lipinski definition) is 7. The van der Waals surface area contributed by atoms with Crippen LogP contribution in [-0.4, -0.2) is 67.8 Å². The summed E-state index contributed by atoms with van der Waals surface area (Å²) in [7, 11) is 1.72. The highest BCUT2D eigenvalue weighted by atomic mass is 16.5. The van der Waals surface area contributed by atoms with Crippen molar-refractivity contribution in [3.8, 4) is 11.3 Å². The Balaban J connectivity index is 1.47. The SMILES string of the molecule is COCCCN(Cc1c(-c2ccccc2)noc1N1CCCC1)C[C@H](O)COCc1ccccc1. The van der Waals surface area contributed by atoms with Crippen LogP contribution >= 0.6 is 0 Å². The van der Waals surface area contributed by atoms with Gasteiger partial charge in [0.1, 0.15) is 5.69 Å². The van der Waals surface area contributed by atoms with Crippen molar-refractivity contribution >= 4 is 5.88 Å². The molecule has 7 nitrogen and oxygen atoms in total. The van der Waals surface area contributed by atoms with Crippen molar-refractivity contribution in [2.75, 3.05) is 51.4 Å². The van der Waals surface area contributed by atoms with Crippen LogP contribution in [0.2, 0.25) is 0 Å². The van der Waals surface area contributed by atoms with Gasteiger partial charge in [-0.1, -0.05) is 65.8 Å². The van der Waals surface area contributed by atoms with Crippen molar-refractivity contribution in [3.63, 3.8) is 0 Å². The Morgan fingerprint density at radius 3 is 2.49 bits per heavy atom. The molecule has 1 saturated heterocycles. The third-order valence-electron chi connectivity index (χ3n) is 6.30. The number of ether oxygens (including phenoxy) is 2.